The maximum atomic E-state index is 14.9. The maximum Gasteiger partial charge on any atom is 0.247 e. The highest BCUT2D eigenvalue weighted by Crippen LogP contribution is 2.69. The predicted molar refractivity (Wildman–Crippen MR) is 164 cm³/mol. The molecule has 2 bridgehead atoms. The van der Waals surface area contributed by atoms with Crippen LogP contribution in [0.1, 0.15) is 80.6 Å². The summed E-state index contributed by atoms with van der Waals surface area (Å²) in [6.07, 6.45) is 7.14. The molecule has 0 radical (unpaired) electrons. The summed E-state index contributed by atoms with van der Waals surface area (Å²) >= 11 is 1.73. The lowest BCUT2D eigenvalue weighted by atomic mass is 9.65. The number of hydrogen-bond donors (Lipinski definition) is 1. The Kier molecular flexibility index (Phi) is 10.3. The van der Waals surface area contributed by atoms with Crippen molar-refractivity contribution in [1.29, 1.82) is 0 Å². The highest BCUT2D eigenvalue weighted by Gasteiger charge is 2.76. The van der Waals surface area contributed by atoms with E-state index in [-0.39, 0.29) is 40.9 Å². The van der Waals surface area contributed by atoms with Gasteiger partial charge < -0.3 is 19.8 Å². The summed E-state index contributed by atoms with van der Waals surface area (Å²) in [7, 11) is 0. The van der Waals surface area contributed by atoms with E-state index in [0.717, 1.165) is 19.3 Å². The minimum absolute atomic E-state index is 0.00438. The first kappa shape index (κ1) is 32.7. The standard InChI is InChI=1S/C32H53N3O4S/c1-10-15-33(16-11-2)27(37)24-23-20-22(4)32(40-23)25(24)28(38)34(18-13-14-19-36)26(32)29(39)35(17-12-3)31(8,9)21-30(5,6)7/h10,12,22-26,36H,1,3,11,13-21H2,2,4-9H3/t22?,23-,24+,25-,26?,32?/m0/s1. The number of nitrogens with zero attached hydrogens (tertiary/aromatic N) is 3. The quantitative estimate of drug-likeness (QED) is 0.239. The van der Waals surface area contributed by atoms with E-state index in [4.69, 9.17) is 0 Å². The van der Waals surface area contributed by atoms with Gasteiger partial charge in [0.25, 0.3) is 0 Å². The lowest BCUT2D eigenvalue weighted by Crippen LogP contribution is -2.61. The van der Waals surface area contributed by atoms with Gasteiger partial charge >= 0.3 is 0 Å². The maximum absolute atomic E-state index is 14.9. The lowest BCUT2D eigenvalue weighted by Gasteiger charge is -2.47. The molecule has 3 unspecified atom stereocenters. The minimum atomic E-state index is -0.651. The summed E-state index contributed by atoms with van der Waals surface area (Å²) in [5.41, 5.74) is -0.463. The van der Waals surface area contributed by atoms with Gasteiger partial charge in [0.15, 0.2) is 0 Å². The number of amides is 3. The second-order valence-corrected chi connectivity index (χ2v) is 15.4. The van der Waals surface area contributed by atoms with E-state index in [0.29, 0.717) is 39.0 Å². The SMILES string of the molecule is C=CCN(CCC)C(=O)[C@@H]1[C@@H]2CC(C)C3(S2)C(C(=O)N(CC=C)C(C)(C)CC(C)(C)C)N(CCCCO)C(=O)[C@H]13. The molecule has 7 nitrogen and oxygen atoms in total. The van der Waals surface area contributed by atoms with Crippen molar-refractivity contribution in [3.8, 4) is 0 Å². The first-order chi connectivity index (χ1) is 18.7. The third kappa shape index (κ3) is 5.90. The average molecular weight is 576 g/mol. The summed E-state index contributed by atoms with van der Waals surface area (Å²) in [5.74, 6) is -0.938. The largest absolute Gasteiger partial charge is 0.396 e. The summed E-state index contributed by atoms with van der Waals surface area (Å²) in [6, 6.07) is -0.648. The van der Waals surface area contributed by atoms with Gasteiger partial charge in [-0.15, -0.1) is 24.9 Å². The molecular weight excluding hydrogens is 522 g/mol. The number of rotatable bonds is 14. The van der Waals surface area contributed by atoms with Gasteiger partial charge in [-0.05, 0) is 57.3 Å². The highest BCUT2D eigenvalue weighted by atomic mass is 32.2. The van der Waals surface area contributed by atoms with Crippen molar-refractivity contribution >= 4 is 29.5 Å². The van der Waals surface area contributed by atoms with Gasteiger partial charge in [-0.1, -0.05) is 46.8 Å². The van der Waals surface area contributed by atoms with Crippen molar-refractivity contribution in [3.05, 3.63) is 25.3 Å². The van der Waals surface area contributed by atoms with Gasteiger partial charge in [-0.3, -0.25) is 14.4 Å². The summed E-state index contributed by atoms with van der Waals surface area (Å²) in [6.45, 7) is 24.7. The zero-order valence-corrected chi connectivity index (χ0v) is 26.8. The molecule has 0 aromatic rings. The fraction of sp³-hybridized carbons (Fsp3) is 0.781. The third-order valence-corrected chi connectivity index (χ3v) is 11.1. The summed E-state index contributed by atoms with van der Waals surface area (Å²) < 4.78 is -0.651. The number of likely N-dealkylation sites (tertiary alicyclic amines) is 1. The second-order valence-electron chi connectivity index (χ2n) is 13.9. The molecule has 6 atom stereocenters. The predicted octanol–water partition coefficient (Wildman–Crippen LogP) is 4.75. The van der Waals surface area contributed by atoms with Gasteiger partial charge in [-0.25, -0.2) is 0 Å². The number of aliphatic hydroxyl groups excluding tert-OH is 1. The Morgan fingerprint density at radius 2 is 1.77 bits per heavy atom. The van der Waals surface area contributed by atoms with Crippen LogP contribution in [0.4, 0.5) is 0 Å². The fourth-order valence-electron chi connectivity index (χ4n) is 7.95. The van der Waals surface area contributed by atoms with Crippen LogP contribution in [0, 0.1) is 23.2 Å². The first-order valence-corrected chi connectivity index (χ1v) is 16.0. The molecule has 3 aliphatic rings. The van der Waals surface area contributed by atoms with Crippen LogP contribution in [-0.4, -0.2) is 91.9 Å². The van der Waals surface area contributed by atoms with E-state index in [1.165, 1.54) is 0 Å². The molecule has 1 N–H and O–H groups in total. The van der Waals surface area contributed by atoms with Crippen LogP contribution in [0.5, 0.6) is 0 Å². The number of fused-ring (bicyclic) bond motifs is 1. The van der Waals surface area contributed by atoms with Crippen LogP contribution in [0.15, 0.2) is 25.3 Å². The molecule has 3 heterocycles. The van der Waals surface area contributed by atoms with E-state index in [1.54, 1.807) is 28.8 Å². The van der Waals surface area contributed by atoms with Crippen LogP contribution in [0.2, 0.25) is 0 Å². The van der Waals surface area contributed by atoms with Gasteiger partial charge in [0.1, 0.15) is 6.04 Å². The zero-order valence-electron chi connectivity index (χ0n) is 25.9. The van der Waals surface area contributed by atoms with E-state index < -0.39 is 28.2 Å². The molecule has 3 aliphatic heterocycles. The van der Waals surface area contributed by atoms with Crippen LogP contribution in [0.25, 0.3) is 0 Å². The van der Waals surface area contributed by atoms with Crippen molar-refractivity contribution in [2.24, 2.45) is 23.2 Å². The van der Waals surface area contributed by atoms with Crippen LogP contribution in [0.3, 0.4) is 0 Å². The Labute approximate surface area is 246 Å². The number of unbranched alkanes of at least 4 members (excludes halogenated alkanes) is 1. The zero-order chi connectivity index (χ0) is 30.0. The third-order valence-electron chi connectivity index (χ3n) is 9.00. The molecule has 0 aromatic carbocycles. The van der Waals surface area contributed by atoms with Gasteiger partial charge in [0.05, 0.1) is 16.6 Å². The topological polar surface area (TPSA) is 81.2 Å². The molecule has 3 rings (SSSR count). The number of carbonyl (C=O) groups excluding carboxylic acids is 3. The summed E-state index contributed by atoms with van der Waals surface area (Å²) in [4.78, 5) is 48.9. The molecule has 0 aliphatic carbocycles. The fourth-order valence-corrected chi connectivity index (χ4v) is 10.4. The molecule has 3 fully saturated rings. The van der Waals surface area contributed by atoms with Gasteiger partial charge in [-0.2, -0.15) is 0 Å². The molecule has 3 amide bonds. The number of thioether (sulfide) groups is 1. The van der Waals surface area contributed by atoms with Crippen molar-refractivity contribution in [2.45, 2.75) is 102 Å². The van der Waals surface area contributed by atoms with Crippen molar-refractivity contribution in [3.63, 3.8) is 0 Å². The Balaban J connectivity index is 2.11. The molecular formula is C32H53N3O4S. The minimum Gasteiger partial charge on any atom is -0.396 e. The smallest absolute Gasteiger partial charge is 0.247 e. The number of carbonyl (C=O) groups is 3. The average Bonchev–Trinajstić information content (AvgIpc) is 3.44. The Morgan fingerprint density at radius 1 is 1.12 bits per heavy atom. The van der Waals surface area contributed by atoms with Crippen molar-refractivity contribution in [1.82, 2.24) is 14.7 Å². The molecule has 0 aromatic heterocycles. The van der Waals surface area contributed by atoms with Gasteiger partial charge in [0.2, 0.25) is 17.7 Å². The Morgan fingerprint density at radius 3 is 2.33 bits per heavy atom. The van der Waals surface area contributed by atoms with E-state index >= 15 is 0 Å². The van der Waals surface area contributed by atoms with E-state index in [2.05, 4.69) is 54.7 Å². The van der Waals surface area contributed by atoms with E-state index in [9.17, 15) is 19.5 Å². The summed E-state index contributed by atoms with van der Waals surface area (Å²) in [5, 5.41) is 9.51. The van der Waals surface area contributed by atoms with Crippen molar-refractivity contribution in [2.75, 3.05) is 32.8 Å². The molecule has 3 saturated heterocycles. The highest BCUT2D eigenvalue weighted by molar-refractivity contribution is 8.02. The second kappa shape index (κ2) is 12.6. The first-order valence-electron chi connectivity index (χ1n) is 15.1. The molecule has 1 spiro atoms. The Bertz CT molecular complexity index is 976. The normalized spacial score (nSPS) is 29.4. The Hall–Kier alpha value is -1.80. The number of aliphatic hydroxyl groups is 1. The monoisotopic (exact) mass is 575 g/mol. The van der Waals surface area contributed by atoms with E-state index in [1.807, 2.05) is 16.7 Å². The molecule has 0 saturated carbocycles. The van der Waals surface area contributed by atoms with Crippen LogP contribution >= 0.6 is 11.8 Å². The lowest BCUT2D eigenvalue weighted by molar-refractivity contribution is -0.147. The van der Waals surface area contributed by atoms with Gasteiger partial charge in [0, 0.05) is 43.6 Å². The van der Waals surface area contributed by atoms with Crippen LogP contribution in [-0.2, 0) is 14.4 Å². The van der Waals surface area contributed by atoms with Crippen molar-refractivity contribution < 1.29 is 19.5 Å². The molecule has 40 heavy (non-hydrogen) atoms. The molecule has 8 heteroatoms. The molecule has 226 valence electrons. The van der Waals surface area contributed by atoms with Crippen LogP contribution < -0.4 is 0 Å². The number of hydrogen-bond acceptors (Lipinski definition) is 5.